The van der Waals surface area contributed by atoms with Crippen LogP contribution in [0.3, 0.4) is 0 Å². The predicted molar refractivity (Wildman–Crippen MR) is 161 cm³/mol. The SMILES string of the molecule is COCOc1cc(OCC(F)(F)F)cc(C=CC[C@@H]2OC(C)(C)O[C@@H]2C(C=C[C@@H](C)[C@H](C)O)OC(=O)c2ccccc2)c1C(=O)O. The van der Waals surface area contributed by atoms with E-state index in [1.165, 1.54) is 13.2 Å². The highest BCUT2D eigenvalue weighted by molar-refractivity contribution is 5.95. The van der Waals surface area contributed by atoms with Gasteiger partial charge in [-0.25, -0.2) is 9.59 Å². The van der Waals surface area contributed by atoms with E-state index in [4.69, 9.17) is 28.4 Å². The Bertz CT molecular complexity index is 1370. The van der Waals surface area contributed by atoms with Gasteiger partial charge in [0.1, 0.15) is 29.3 Å². The molecule has 252 valence electrons. The maximum Gasteiger partial charge on any atom is 0.422 e. The van der Waals surface area contributed by atoms with Crippen molar-refractivity contribution in [1.29, 1.82) is 0 Å². The van der Waals surface area contributed by atoms with Gasteiger partial charge >= 0.3 is 18.1 Å². The molecule has 46 heavy (non-hydrogen) atoms. The van der Waals surface area contributed by atoms with Crippen LogP contribution in [0.25, 0.3) is 6.08 Å². The van der Waals surface area contributed by atoms with Gasteiger partial charge < -0.3 is 38.6 Å². The average molecular weight is 653 g/mol. The highest BCUT2D eigenvalue weighted by atomic mass is 19.4. The van der Waals surface area contributed by atoms with Crippen molar-refractivity contribution in [2.75, 3.05) is 20.5 Å². The topological polar surface area (TPSA) is 130 Å². The van der Waals surface area contributed by atoms with Gasteiger partial charge in [0.15, 0.2) is 19.2 Å². The van der Waals surface area contributed by atoms with Crippen LogP contribution in [0.1, 0.15) is 60.4 Å². The van der Waals surface area contributed by atoms with E-state index < -0.39 is 54.9 Å². The third-order valence-corrected chi connectivity index (χ3v) is 6.88. The quantitative estimate of drug-likeness (QED) is 0.134. The number of halogens is 3. The predicted octanol–water partition coefficient (Wildman–Crippen LogP) is 6.03. The van der Waals surface area contributed by atoms with Crippen molar-refractivity contribution >= 4 is 18.0 Å². The first-order valence-corrected chi connectivity index (χ1v) is 14.5. The summed E-state index contributed by atoms with van der Waals surface area (Å²) in [4.78, 5) is 25.2. The van der Waals surface area contributed by atoms with Gasteiger partial charge in [-0.2, -0.15) is 13.2 Å². The average Bonchev–Trinajstić information content (AvgIpc) is 3.30. The van der Waals surface area contributed by atoms with E-state index in [1.807, 2.05) is 0 Å². The number of aliphatic hydroxyl groups excluding tert-OH is 1. The normalized spacial score (nSPS) is 20.0. The monoisotopic (exact) mass is 652 g/mol. The minimum atomic E-state index is -4.63. The van der Waals surface area contributed by atoms with E-state index in [2.05, 4.69) is 0 Å². The summed E-state index contributed by atoms with van der Waals surface area (Å²) < 4.78 is 71.7. The number of methoxy groups -OCH3 is 1. The second kappa shape index (κ2) is 16.1. The van der Waals surface area contributed by atoms with Crippen LogP contribution in [0.4, 0.5) is 13.2 Å². The molecule has 2 aromatic carbocycles. The summed E-state index contributed by atoms with van der Waals surface area (Å²) in [6.07, 6.45) is -1.37. The van der Waals surface area contributed by atoms with E-state index in [0.29, 0.717) is 5.56 Å². The van der Waals surface area contributed by atoms with E-state index in [1.54, 1.807) is 76.3 Å². The van der Waals surface area contributed by atoms with Crippen LogP contribution in [0.5, 0.6) is 11.5 Å². The molecule has 1 aliphatic rings. The van der Waals surface area contributed by atoms with Gasteiger partial charge in [-0.15, -0.1) is 0 Å². The first-order chi connectivity index (χ1) is 21.6. The Labute approximate surface area is 265 Å². The van der Waals surface area contributed by atoms with Gasteiger partial charge in [0.05, 0.1) is 17.8 Å². The van der Waals surface area contributed by atoms with Gasteiger partial charge in [0.25, 0.3) is 0 Å². The zero-order valence-electron chi connectivity index (χ0n) is 26.2. The number of aromatic carboxylic acids is 1. The number of benzene rings is 2. The van der Waals surface area contributed by atoms with Crippen LogP contribution in [0.15, 0.2) is 60.7 Å². The summed E-state index contributed by atoms with van der Waals surface area (Å²) in [6.45, 7) is 4.84. The lowest BCUT2D eigenvalue weighted by molar-refractivity contribution is -0.153. The number of alkyl halides is 3. The molecule has 2 aromatic rings. The van der Waals surface area contributed by atoms with Crippen molar-refractivity contribution in [2.24, 2.45) is 5.92 Å². The van der Waals surface area contributed by atoms with Gasteiger partial charge in [-0.1, -0.05) is 43.4 Å². The van der Waals surface area contributed by atoms with Crippen LogP contribution >= 0.6 is 0 Å². The number of aliphatic hydroxyl groups is 1. The van der Waals surface area contributed by atoms with Crippen LogP contribution in [0, 0.1) is 5.92 Å². The van der Waals surface area contributed by atoms with Crippen LogP contribution < -0.4 is 9.47 Å². The first-order valence-electron chi connectivity index (χ1n) is 14.5. The van der Waals surface area contributed by atoms with Crippen molar-refractivity contribution in [3.05, 3.63) is 77.4 Å². The van der Waals surface area contributed by atoms with Crippen molar-refractivity contribution in [2.45, 2.75) is 70.5 Å². The van der Waals surface area contributed by atoms with E-state index in [0.717, 1.165) is 12.1 Å². The van der Waals surface area contributed by atoms with Crippen molar-refractivity contribution in [3.63, 3.8) is 0 Å². The summed E-state index contributed by atoms with van der Waals surface area (Å²) in [7, 11) is 1.30. The number of ether oxygens (including phenoxy) is 6. The second-order valence-corrected chi connectivity index (χ2v) is 11.1. The molecule has 1 saturated heterocycles. The maximum atomic E-state index is 13.0. The Balaban J connectivity index is 1.94. The summed E-state index contributed by atoms with van der Waals surface area (Å²) in [5.74, 6) is -3.88. The lowest BCUT2D eigenvalue weighted by Gasteiger charge is -2.25. The molecule has 0 bridgehead atoms. The molecule has 10 nitrogen and oxygen atoms in total. The van der Waals surface area contributed by atoms with Crippen molar-refractivity contribution in [1.82, 2.24) is 0 Å². The molecule has 0 radical (unpaired) electrons. The lowest BCUT2D eigenvalue weighted by atomic mass is 9.99. The molecule has 3 rings (SSSR count). The van der Waals surface area contributed by atoms with Gasteiger partial charge in [-0.3, -0.25) is 0 Å². The van der Waals surface area contributed by atoms with Crippen LogP contribution in [0.2, 0.25) is 0 Å². The number of hydrogen-bond acceptors (Lipinski definition) is 9. The number of esters is 1. The Morgan fingerprint density at radius 3 is 2.37 bits per heavy atom. The second-order valence-electron chi connectivity index (χ2n) is 11.1. The molecule has 0 amide bonds. The van der Waals surface area contributed by atoms with Gasteiger partial charge in [-0.05, 0) is 62.9 Å². The van der Waals surface area contributed by atoms with E-state index in [-0.39, 0.29) is 41.8 Å². The number of carboxylic acid groups (broad SMARTS) is 1. The fraction of sp³-hybridized carbons (Fsp3) is 0.455. The first kappa shape index (κ1) is 36.6. The molecule has 0 saturated carbocycles. The number of carboxylic acids is 1. The Hall–Kier alpha value is -3.91. The zero-order chi connectivity index (χ0) is 34.1. The molecule has 5 atom stereocenters. The third kappa shape index (κ3) is 10.9. The molecule has 0 spiro atoms. The van der Waals surface area contributed by atoms with Crippen LogP contribution in [-0.4, -0.2) is 79.0 Å². The maximum absolute atomic E-state index is 13.0. The third-order valence-electron chi connectivity index (χ3n) is 6.88. The molecule has 2 N–H and O–H groups in total. The molecule has 1 aliphatic heterocycles. The molecule has 1 heterocycles. The number of carbonyl (C=O) groups excluding carboxylic acids is 1. The molecule has 13 heteroatoms. The summed E-state index contributed by atoms with van der Waals surface area (Å²) in [5.41, 5.74) is 0.00275. The van der Waals surface area contributed by atoms with Gasteiger partial charge in [0.2, 0.25) is 0 Å². The minimum Gasteiger partial charge on any atom is -0.484 e. The van der Waals surface area contributed by atoms with E-state index in [9.17, 15) is 33.0 Å². The standard InChI is InChI=1S/C33H39F3O10/c1-20(21(2)37)14-15-25(44-31(40)22-10-7-6-8-11-22)29-26(45-32(3,4)46-29)13-9-12-23-16-24(42-18-33(34,35)36)17-27(43-19-41-5)28(23)30(38)39/h6-12,14-17,20-21,25-26,29,37H,13,18-19H2,1-5H3,(H,38,39)/t20-,21+,25?,26+,29-/m1/s1. The summed E-state index contributed by atoms with van der Waals surface area (Å²) in [5, 5.41) is 19.9. The van der Waals surface area contributed by atoms with Crippen molar-refractivity contribution in [3.8, 4) is 11.5 Å². The zero-order valence-corrected chi connectivity index (χ0v) is 26.2. The van der Waals surface area contributed by atoms with E-state index >= 15 is 0 Å². The molecule has 0 aliphatic carbocycles. The molecule has 1 fully saturated rings. The molecule has 0 aromatic heterocycles. The molecule has 1 unspecified atom stereocenters. The fourth-order valence-corrected chi connectivity index (χ4v) is 4.54. The number of rotatable bonds is 15. The minimum absolute atomic E-state index is 0.00529. The summed E-state index contributed by atoms with van der Waals surface area (Å²) >= 11 is 0. The summed E-state index contributed by atoms with van der Waals surface area (Å²) in [6, 6.07) is 10.6. The largest absolute Gasteiger partial charge is 0.484 e. The Kier molecular flexibility index (Phi) is 12.8. The lowest BCUT2D eigenvalue weighted by Crippen LogP contribution is -2.37. The fourth-order valence-electron chi connectivity index (χ4n) is 4.54. The van der Waals surface area contributed by atoms with Gasteiger partial charge in [0, 0.05) is 13.2 Å². The highest BCUT2D eigenvalue weighted by Gasteiger charge is 2.45. The molecular weight excluding hydrogens is 613 g/mol. The van der Waals surface area contributed by atoms with Crippen LogP contribution in [-0.2, 0) is 18.9 Å². The highest BCUT2D eigenvalue weighted by Crippen LogP contribution is 2.35. The smallest absolute Gasteiger partial charge is 0.422 e. The Morgan fingerprint density at radius 2 is 1.76 bits per heavy atom. The number of hydrogen-bond donors (Lipinski definition) is 2. The van der Waals surface area contributed by atoms with Crippen molar-refractivity contribution < 1.29 is 61.4 Å². The molecular formula is C33H39F3O10. The Morgan fingerprint density at radius 1 is 1.07 bits per heavy atom. The number of carbonyl (C=O) groups is 2.